The zero-order valence-electron chi connectivity index (χ0n) is 13.2. The molecular weight excluding hydrogens is 336 g/mol. The predicted molar refractivity (Wildman–Crippen MR) is 96.1 cm³/mol. The van der Waals surface area contributed by atoms with E-state index in [1.54, 1.807) is 0 Å². The molecule has 0 unspecified atom stereocenters. The number of methoxy groups -OCH3 is 1. The molecule has 0 saturated heterocycles. The average Bonchev–Trinajstić information content (AvgIpc) is 3.31. The van der Waals surface area contributed by atoms with Crippen molar-refractivity contribution in [1.82, 2.24) is 5.32 Å². The van der Waals surface area contributed by atoms with Crippen molar-refractivity contribution in [2.45, 2.75) is 18.6 Å². The number of nitrogens with one attached hydrogen (secondary N) is 2. The Labute approximate surface area is 147 Å². The van der Waals surface area contributed by atoms with Gasteiger partial charge in [-0.15, -0.1) is 24.2 Å². The van der Waals surface area contributed by atoms with Gasteiger partial charge in [0.15, 0.2) is 0 Å². The SMILES string of the molecule is COC(=O)CSCc1cccc(NC(=O)CNCC2CC2)c1.Cl. The molecule has 23 heavy (non-hydrogen) atoms. The van der Waals surface area contributed by atoms with Gasteiger partial charge in [0.25, 0.3) is 0 Å². The Morgan fingerprint density at radius 1 is 1.35 bits per heavy atom. The van der Waals surface area contributed by atoms with Crippen molar-refractivity contribution < 1.29 is 14.3 Å². The Bertz CT molecular complexity index is 524. The number of esters is 1. The number of benzene rings is 1. The summed E-state index contributed by atoms with van der Waals surface area (Å²) in [6.45, 7) is 1.27. The highest BCUT2D eigenvalue weighted by molar-refractivity contribution is 7.99. The summed E-state index contributed by atoms with van der Waals surface area (Å²) in [6, 6.07) is 7.68. The van der Waals surface area contributed by atoms with Gasteiger partial charge in [0.2, 0.25) is 5.91 Å². The molecule has 2 N–H and O–H groups in total. The molecule has 1 aliphatic rings. The smallest absolute Gasteiger partial charge is 0.315 e. The van der Waals surface area contributed by atoms with Crippen molar-refractivity contribution in [3.05, 3.63) is 29.8 Å². The Hall–Kier alpha value is -1.24. The second kappa shape index (κ2) is 10.5. The number of hydrogen-bond donors (Lipinski definition) is 2. The van der Waals surface area contributed by atoms with Gasteiger partial charge in [-0.05, 0) is 43.0 Å². The van der Waals surface area contributed by atoms with Crippen molar-refractivity contribution >= 4 is 41.7 Å². The van der Waals surface area contributed by atoms with E-state index in [-0.39, 0.29) is 24.3 Å². The van der Waals surface area contributed by atoms with E-state index in [4.69, 9.17) is 0 Å². The van der Waals surface area contributed by atoms with Crippen LogP contribution in [0.3, 0.4) is 0 Å². The van der Waals surface area contributed by atoms with E-state index in [1.807, 2.05) is 24.3 Å². The average molecular weight is 359 g/mol. The van der Waals surface area contributed by atoms with Gasteiger partial charge in [-0.25, -0.2) is 0 Å². The molecule has 1 aromatic rings. The first kappa shape index (κ1) is 19.8. The highest BCUT2D eigenvalue weighted by atomic mass is 35.5. The molecule has 0 bridgehead atoms. The maximum Gasteiger partial charge on any atom is 0.315 e. The Kier molecular flexibility index (Phi) is 9.06. The third-order valence-corrected chi connectivity index (χ3v) is 4.32. The van der Waals surface area contributed by atoms with Crippen LogP contribution >= 0.6 is 24.2 Å². The molecule has 0 heterocycles. The standard InChI is InChI=1S/C16H22N2O3S.ClH/c1-21-16(20)11-22-10-13-3-2-4-14(7-13)18-15(19)9-17-8-12-5-6-12;/h2-4,7,12,17H,5-6,8-11H2,1H3,(H,18,19);1H. The van der Waals surface area contributed by atoms with Crippen LogP contribution in [0.15, 0.2) is 24.3 Å². The second-order valence-electron chi connectivity index (χ2n) is 5.39. The molecular formula is C16H23ClN2O3S. The first-order chi connectivity index (χ1) is 10.7. The number of carbonyl (C=O) groups excluding carboxylic acids is 2. The van der Waals surface area contributed by atoms with E-state index in [1.165, 1.54) is 31.7 Å². The molecule has 0 aromatic heterocycles. The Morgan fingerprint density at radius 2 is 2.13 bits per heavy atom. The highest BCUT2D eigenvalue weighted by Crippen LogP contribution is 2.27. The number of halogens is 1. The molecule has 1 aliphatic carbocycles. The summed E-state index contributed by atoms with van der Waals surface area (Å²) in [7, 11) is 1.39. The fourth-order valence-electron chi connectivity index (χ4n) is 1.97. The monoisotopic (exact) mass is 358 g/mol. The van der Waals surface area contributed by atoms with Crippen LogP contribution in [0.25, 0.3) is 0 Å². The zero-order valence-corrected chi connectivity index (χ0v) is 14.8. The third kappa shape index (κ3) is 8.25. The predicted octanol–water partition coefficient (Wildman–Crippen LogP) is 2.45. The zero-order chi connectivity index (χ0) is 15.8. The van der Waals surface area contributed by atoms with Gasteiger partial charge in [0, 0.05) is 11.4 Å². The summed E-state index contributed by atoms with van der Waals surface area (Å²) in [6.07, 6.45) is 2.56. The fraction of sp³-hybridized carbons (Fsp3) is 0.500. The normalized spacial score (nSPS) is 13.1. The topological polar surface area (TPSA) is 67.4 Å². The van der Waals surface area contributed by atoms with Gasteiger partial charge in [0.1, 0.15) is 0 Å². The van der Waals surface area contributed by atoms with Crippen molar-refractivity contribution in [2.75, 3.05) is 31.3 Å². The van der Waals surface area contributed by atoms with Gasteiger partial charge >= 0.3 is 5.97 Å². The summed E-state index contributed by atoms with van der Waals surface area (Å²) in [5.74, 6) is 1.55. The van der Waals surface area contributed by atoms with Crippen LogP contribution in [0.5, 0.6) is 0 Å². The first-order valence-corrected chi connectivity index (χ1v) is 8.57. The molecule has 0 spiro atoms. The van der Waals surface area contributed by atoms with E-state index >= 15 is 0 Å². The number of ether oxygens (including phenoxy) is 1. The van der Waals surface area contributed by atoms with Gasteiger partial charge in [-0.3, -0.25) is 9.59 Å². The Balaban J connectivity index is 0.00000264. The summed E-state index contributed by atoms with van der Waals surface area (Å²) < 4.78 is 4.60. The molecule has 128 valence electrons. The van der Waals surface area contributed by atoms with Crippen LogP contribution in [0.1, 0.15) is 18.4 Å². The van der Waals surface area contributed by atoms with E-state index in [0.717, 1.165) is 23.7 Å². The lowest BCUT2D eigenvalue weighted by Crippen LogP contribution is -2.29. The van der Waals surface area contributed by atoms with Gasteiger partial charge in [-0.2, -0.15) is 0 Å². The van der Waals surface area contributed by atoms with E-state index in [2.05, 4.69) is 15.4 Å². The maximum absolute atomic E-state index is 11.8. The summed E-state index contributed by atoms with van der Waals surface area (Å²) in [5, 5.41) is 6.05. The number of amides is 1. The molecule has 1 amide bonds. The number of anilines is 1. The maximum atomic E-state index is 11.8. The highest BCUT2D eigenvalue weighted by Gasteiger charge is 2.20. The number of carbonyl (C=O) groups is 2. The van der Waals surface area contributed by atoms with Crippen molar-refractivity contribution in [1.29, 1.82) is 0 Å². The van der Waals surface area contributed by atoms with E-state index < -0.39 is 0 Å². The lowest BCUT2D eigenvalue weighted by molar-refractivity contribution is -0.137. The van der Waals surface area contributed by atoms with Crippen LogP contribution < -0.4 is 10.6 Å². The molecule has 1 saturated carbocycles. The molecule has 5 nitrogen and oxygen atoms in total. The van der Waals surface area contributed by atoms with Crippen molar-refractivity contribution in [3.8, 4) is 0 Å². The summed E-state index contributed by atoms with van der Waals surface area (Å²) >= 11 is 1.49. The number of thioether (sulfide) groups is 1. The van der Waals surface area contributed by atoms with Gasteiger partial charge < -0.3 is 15.4 Å². The molecule has 1 fully saturated rings. The molecule has 1 aromatic carbocycles. The quantitative estimate of drug-likeness (QED) is 0.664. The van der Waals surface area contributed by atoms with Crippen LogP contribution in [0.4, 0.5) is 5.69 Å². The van der Waals surface area contributed by atoms with Crippen LogP contribution in [0.2, 0.25) is 0 Å². The molecule has 0 aliphatic heterocycles. The third-order valence-electron chi connectivity index (χ3n) is 3.34. The van der Waals surface area contributed by atoms with E-state index in [9.17, 15) is 9.59 Å². The van der Waals surface area contributed by atoms with Crippen molar-refractivity contribution in [3.63, 3.8) is 0 Å². The summed E-state index contributed by atoms with van der Waals surface area (Å²) in [5.41, 5.74) is 1.85. The second-order valence-corrected chi connectivity index (χ2v) is 6.38. The minimum Gasteiger partial charge on any atom is -0.468 e. The van der Waals surface area contributed by atoms with Gasteiger partial charge in [0.05, 0.1) is 19.4 Å². The van der Waals surface area contributed by atoms with Crippen molar-refractivity contribution in [2.24, 2.45) is 5.92 Å². The summed E-state index contributed by atoms with van der Waals surface area (Å²) in [4.78, 5) is 22.9. The molecule has 7 heteroatoms. The molecule has 2 rings (SSSR count). The fourth-order valence-corrected chi connectivity index (χ4v) is 2.77. The minimum atomic E-state index is -0.226. The lowest BCUT2D eigenvalue weighted by atomic mass is 10.2. The van der Waals surface area contributed by atoms with Crippen LogP contribution in [0, 0.1) is 5.92 Å². The van der Waals surface area contributed by atoms with E-state index in [0.29, 0.717) is 18.1 Å². The minimum absolute atomic E-state index is 0. The molecule has 0 atom stereocenters. The van der Waals surface area contributed by atoms with Crippen LogP contribution in [-0.2, 0) is 20.1 Å². The van der Waals surface area contributed by atoms with Crippen LogP contribution in [-0.4, -0.2) is 37.8 Å². The number of rotatable bonds is 9. The lowest BCUT2D eigenvalue weighted by Gasteiger charge is -2.08. The first-order valence-electron chi connectivity index (χ1n) is 7.41. The van der Waals surface area contributed by atoms with Gasteiger partial charge in [-0.1, -0.05) is 12.1 Å². The number of hydrogen-bond acceptors (Lipinski definition) is 5. The molecule has 0 radical (unpaired) electrons. The largest absolute Gasteiger partial charge is 0.468 e. The Morgan fingerprint density at radius 3 is 2.83 bits per heavy atom.